The van der Waals surface area contributed by atoms with Crippen molar-refractivity contribution in [2.75, 3.05) is 5.73 Å². The summed E-state index contributed by atoms with van der Waals surface area (Å²) in [5.74, 6) is 0.921. The number of hydrogen-bond acceptors (Lipinski definition) is 4. The van der Waals surface area contributed by atoms with E-state index in [4.69, 9.17) is 5.73 Å². The van der Waals surface area contributed by atoms with E-state index in [0.717, 1.165) is 18.7 Å². The molecule has 0 atom stereocenters. The van der Waals surface area contributed by atoms with Crippen LogP contribution < -0.4 is 11.3 Å². The Bertz CT molecular complexity index is 586. The quantitative estimate of drug-likeness (QED) is 0.666. The number of nitrogen functional groups attached to an aromatic ring is 1. The van der Waals surface area contributed by atoms with Gasteiger partial charge in [0, 0.05) is 6.42 Å². The fraction of sp³-hybridized carbons (Fsp3) is 0.615. The molecule has 104 valence electrons. The Kier molecular flexibility index (Phi) is 4.54. The van der Waals surface area contributed by atoms with Gasteiger partial charge in [-0.2, -0.15) is 4.98 Å². The molecule has 0 fully saturated rings. The molecule has 0 unspecified atom stereocenters. The van der Waals surface area contributed by atoms with E-state index in [0.29, 0.717) is 11.2 Å². The summed E-state index contributed by atoms with van der Waals surface area (Å²) in [5, 5.41) is 0. The normalized spacial score (nSPS) is 11.2. The van der Waals surface area contributed by atoms with E-state index >= 15 is 0 Å². The van der Waals surface area contributed by atoms with Crippen molar-refractivity contribution in [3.05, 3.63) is 16.2 Å². The van der Waals surface area contributed by atoms with Crippen LogP contribution in [0.1, 0.15) is 51.3 Å². The first-order chi connectivity index (χ1) is 9.20. The van der Waals surface area contributed by atoms with E-state index in [-0.39, 0.29) is 11.5 Å². The van der Waals surface area contributed by atoms with Gasteiger partial charge in [0.25, 0.3) is 5.56 Å². The maximum absolute atomic E-state index is 11.6. The van der Waals surface area contributed by atoms with Crippen LogP contribution in [-0.2, 0) is 6.42 Å². The number of H-pyrrole nitrogens is 2. The molecule has 0 aliphatic heterocycles. The summed E-state index contributed by atoms with van der Waals surface area (Å²) < 4.78 is 0. The Morgan fingerprint density at radius 1 is 1.05 bits per heavy atom. The summed E-state index contributed by atoms with van der Waals surface area (Å²) in [6.45, 7) is 2.21. The van der Waals surface area contributed by atoms with E-state index in [1.807, 2.05) is 0 Å². The highest BCUT2D eigenvalue weighted by molar-refractivity contribution is 5.70. The maximum Gasteiger partial charge on any atom is 0.278 e. The van der Waals surface area contributed by atoms with Crippen LogP contribution in [0.15, 0.2) is 4.79 Å². The first kappa shape index (κ1) is 13.6. The van der Waals surface area contributed by atoms with Crippen LogP contribution in [0, 0.1) is 0 Å². The van der Waals surface area contributed by atoms with Gasteiger partial charge >= 0.3 is 0 Å². The molecule has 0 aromatic carbocycles. The Balaban J connectivity index is 1.91. The molecule has 0 bridgehead atoms. The molecule has 19 heavy (non-hydrogen) atoms. The molecule has 6 nitrogen and oxygen atoms in total. The largest absolute Gasteiger partial charge is 0.369 e. The zero-order valence-electron chi connectivity index (χ0n) is 11.3. The topological polar surface area (TPSA) is 100 Å². The highest BCUT2D eigenvalue weighted by atomic mass is 16.1. The molecule has 0 radical (unpaired) electrons. The van der Waals surface area contributed by atoms with Gasteiger partial charge < -0.3 is 10.7 Å². The molecule has 0 aliphatic rings. The van der Waals surface area contributed by atoms with Crippen LogP contribution in [0.3, 0.4) is 0 Å². The number of unbranched alkanes of at least 4 members (excludes halogenated alkanes) is 5. The van der Waals surface area contributed by atoms with Crippen molar-refractivity contribution < 1.29 is 0 Å². The number of nitrogens with two attached hydrogens (primary N) is 1. The third kappa shape index (κ3) is 3.56. The Morgan fingerprint density at radius 2 is 1.79 bits per heavy atom. The molecule has 6 heteroatoms. The van der Waals surface area contributed by atoms with E-state index in [1.165, 1.54) is 32.1 Å². The summed E-state index contributed by atoms with van der Waals surface area (Å²) >= 11 is 0. The second kappa shape index (κ2) is 6.36. The first-order valence-corrected chi connectivity index (χ1v) is 6.95. The molecule has 0 amide bonds. The highest BCUT2D eigenvalue weighted by Crippen LogP contribution is 2.10. The van der Waals surface area contributed by atoms with Gasteiger partial charge in [-0.3, -0.25) is 9.78 Å². The third-order valence-corrected chi connectivity index (χ3v) is 3.20. The fourth-order valence-corrected chi connectivity index (χ4v) is 2.16. The van der Waals surface area contributed by atoms with Crippen molar-refractivity contribution in [3.63, 3.8) is 0 Å². The molecule has 2 aromatic rings. The average Bonchev–Trinajstić information content (AvgIpc) is 2.76. The Hall–Kier alpha value is -1.85. The zero-order valence-corrected chi connectivity index (χ0v) is 11.3. The lowest BCUT2D eigenvalue weighted by molar-refractivity contribution is 0.602. The number of nitrogens with one attached hydrogen (secondary N) is 2. The van der Waals surface area contributed by atoms with Crippen molar-refractivity contribution in [1.82, 2.24) is 19.9 Å². The second-order valence-corrected chi connectivity index (χ2v) is 4.85. The molecular formula is C13H21N5O. The van der Waals surface area contributed by atoms with Crippen molar-refractivity contribution in [3.8, 4) is 0 Å². The van der Waals surface area contributed by atoms with Crippen LogP contribution in [0.4, 0.5) is 5.95 Å². The first-order valence-electron chi connectivity index (χ1n) is 6.95. The molecule has 4 N–H and O–H groups in total. The van der Waals surface area contributed by atoms with E-state index < -0.39 is 0 Å². The predicted molar refractivity (Wildman–Crippen MR) is 76.0 cm³/mol. The lowest BCUT2D eigenvalue weighted by Crippen LogP contribution is -2.10. The van der Waals surface area contributed by atoms with Gasteiger partial charge in [0.2, 0.25) is 5.95 Å². The fourth-order valence-electron chi connectivity index (χ4n) is 2.16. The molecule has 2 rings (SSSR count). The van der Waals surface area contributed by atoms with E-state index in [1.54, 1.807) is 0 Å². The molecule has 2 aromatic heterocycles. The molecule has 0 aliphatic carbocycles. The predicted octanol–water partition coefficient (Wildman–Crippen LogP) is 2.13. The number of rotatable bonds is 7. The van der Waals surface area contributed by atoms with Crippen molar-refractivity contribution in [2.45, 2.75) is 51.9 Å². The highest BCUT2D eigenvalue weighted by Gasteiger charge is 2.08. The zero-order chi connectivity index (χ0) is 13.7. The molecule has 2 heterocycles. The third-order valence-electron chi connectivity index (χ3n) is 3.20. The van der Waals surface area contributed by atoms with Crippen molar-refractivity contribution in [2.24, 2.45) is 0 Å². The molecular weight excluding hydrogens is 242 g/mol. The number of aromatic nitrogens is 4. The number of aryl methyl sites for hydroxylation is 1. The molecule has 0 saturated heterocycles. The van der Waals surface area contributed by atoms with Gasteiger partial charge in [-0.15, -0.1) is 0 Å². The maximum atomic E-state index is 11.6. The van der Waals surface area contributed by atoms with Gasteiger partial charge in [-0.05, 0) is 6.42 Å². The van der Waals surface area contributed by atoms with Gasteiger partial charge in [0.1, 0.15) is 5.82 Å². The summed E-state index contributed by atoms with van der Waals surface area (Å²) in [4.78, 5) is 25.4. The molecule has 0 spiro atoms. The monoisotopic (exact) mass is 263 g/mol. The van der Waals surface area contributed by atoms with Gasteiger partial charge in [0.05, 0.1) is 0 Å². The number of imidazole rings is 1. The van der Waals surface area contributed by atoms with Crippen LogP contribution in [0.25, 0.3) is 11.2 Å². The lowest BCUT2D eigenvalue weighted by Gasteiger charge is -1.98. The number of fused-ring (bicyclic) bond motifs is 1. The second-order valence-electron chi connectivity index (χ2n) is 4.85. The minimum absolute atomic E-state index is 0.107. The van der Waals surface area contributed by atoms with Gasteiger partial charge in [0.15, 0.2) is 11.2 Å². The number of aromatic amines is 2. The van der Waals surface area contributed by atoms with Gasteiger partial charge in [-0.25, -0.2) is 4.98 Å². The van der Waals surface area contributed by atoms with Crippen molar-refractivity contribution >= 4 is 17.1 Å². The lowest BCUT2D eigenvalue weighted by atomic mass is 10.1. The smallest absolute Gasteiger partial charge is 0.278 e. The van der Waals surface area contributed by atoms with Gasteiger partial charge in [-0.1, -0.05) is 39.0 Å². The average molecular weight is 263 g/mol. The van der Waals surface area contributed by atoms with Crippen LogP contribution >= 0.6 is 0 Å². The van der Waals surface area contributed by atoms with E-state index in [9.17, 15) is 4.79 Å². The number of hydrogen-bond donors (Lipinski definition) is 3. The Morgan fingerprint density at radius 3 is 2.58 bits per heavy atom. The summed E-state index contributed by atoms with van der Waals surface area (Å²) in [6, 6.07) is 0. The Labute approximate surface area is 111 Å². The van der Waals surface area contributed by atoms with Crippen LogP contribution in [0.2, 0.25) is 0 Å². The van der Waals surface area contributed by atoms with Crippen molar-refractivity contribution in [1.29, 1.82) is 0 Å². The van der Waals surface area contributed by atoms with Crippen LogP contribution in [-0.4, -0.2) is 19.9 Å². The minimum atomic E-state index is -0.260. The SMILES string of the molecule is CCCCCCCCc1nc2nc(N)[nH]c(=O)c2[nH]1. The van der Waals surface area contributed by atoms with E-state index in [2.05, 4.69) is 26.9 Å². The summed E-state index contributed by atoms with van der Waals surface area (Å²) in [5.41, 5.74) is 6.04. The minimum Gasteiger partial charge on any atom is -0.369 e. The molecule has 0 saturated carbocycles. The summed E-state index contributed by atoms with van der Waals surface area (Å²) in [6.07, 6.45) is 8.26. The number of nitrogens with zero attached hydrogens (tertiary/aromatic N) is 2. The summed E-state index contributed by atoms with van der Waals surface area (Å²) in [7, 11) is 0. The standard InChI is InChI=1S/C13H21N5O/c1-2-3-4-5-6-7-8-9-15-10-11(16-9)17-13(14)18-12(10)19/h2-8H2,1H3,(H4,14,15,16,17,18,19). The number of anilines is 1. The van der Waals surface area contributed by atoms with Crippen LogP contribution in [0.5, 0.6) is 0 Å².